The maximum atomic E-state index is 10.8. The molecule has 0 saturated carbocycles. The highest BCUT2D eigenvalue weighted by molar-refractivity contribution is 9.10. The molecule has 1 aromatic carbocycles. The van der Waals surface area contributed by atoms with Gasteiger partial charge in [0, 0.05) is 12.1 Å². The maximum absolute atomic E-state index is 10.8. The van der Waals surface area contributed by atoms with Crippen molar-refractivity contribution in [3.05, 3.63) is 38.6 Å². The van der Waals surface area contributed by atoms with Gasteiger partial charge in [-0.2, -0.15) is 4.68 Å². The van der Waals surface area contributed by atoms with Gasteiger partial charge in [0.2, 0.25) is 0 Å². The zero-order valence-electron chi connectivity index (χ0n) is 11.7. The summed E-state index contributed by atoms with van der Waals surface area (Å²) in [7, 11) is 0. The first kappa shape index (κ1) is 15.5. The largest absolute Gasteiger partial charge is 0.310 e. The first-order chi connectivity index (χ1) is 9.99. The summed E-state index contributed by atoms with van der Waals surface area (Å²) >= 11 is 3.32. The van der Waals surface area contributed by atoms with E-state index in [1.807, 2.05) is 0 Å². The van der Waals surface area contributed by atoms with Crippen LogP contribution in [0, 0.1) is 16.0 Å². The van der Waals surface area contributed by atoms with Gasteiger partial charge in [-0.1, -0.05) is 13.8 Å². The Hall–Kier alpha value is -1.87. The lowest BCUT2D eigenvalue weighted by molar-refractivity contribution is -0.384. The van der Waals surface area contributed by atoms with Crippen molar-refractivity contribution in [3.63, 3.8) is 0 Å². The van der Waals surface area contributed by atoms with E-state index in [-0.39, 0.29) is 5.69 Å². The lowest BCUT2D eigenvalue weighted by atomic mass is 10.2. The number of benzene rings is 1. The van der Waals surface area contributed by atoms with Crippen LogP contribution in [0.4, 0.5) is 5.69 Å². The third-order valence-electron chi connectivity index (χ3n) is 2.74. The Kier molecular flexibility index (Phi) is 4.97. The first-order valence-corrected chi connectivity index (χ1v) is 7.20. The highest BCUT2D eigenvalue weighted by atomic mass is 79.9. The zero-order valence-corrected chi connectivity index (χ0v) is 13.2. The lowest BCUT2D eigenvalue weighted by Gasteiger charge is -2.09. The number of non-ortho nitro benzene ring substituents is 1. The van der Waals surface area contributed by atoms with E-state index in [4.69, 9.17) is 0 Å². The number of nitrogens with zero attached hydrogens (tertiary/aromatic N) is 5. The van der Waals surface area contributed by atoms with E-state index in [1.54, 1.807) is 10.7 Å². The van der Waals surface area contributed by atoms with Crippen molar-refractivity contribution in [1.82, 2.24) is 25.5 Å². The van der Waals surface area contributed by atoms with Crippen molar-refractivity contribution >= 4 is 21.6 Å². The Morgan fingerprint density at radius 2 is 2.24 bits per heavy atom. The van der Waals surface area contributed by atoms with Crippen LogP contribution in [0.15, 0.2) is 22.7 Å². The van der Waals surface area contributed by atoms with E-state index in [0.29, 0.717) is 28.4 Å². The molecule has 2 rings (SSSR count). The Bertz CT molecular complexity index is 642. The summed E-state index contributed by atoms with van der Waals surface area (Å²) in [6.45, 7) is 5.61. The van der Waals surface area contributed by atoms with Crippen LogP contribution in [-0.2, 0) is 6.54 Å². The molecular formula is C12H15BrN6O2. The summed E-state index contributed by atoms with van der Waals surface area (Å²) < 4.78 is 2.12. The molecule has 0 aliphatic rings. The highest BCUT2D eigenvalue weighted by Gasteiger charge is 2.14. The smallest absolute Gasteiger partial charge is 0.270 e. The molecule has 0 fully saturated rings. The van der Waals surface area contributed by atoms with E-state index in [9.17, 15) is 10.1 Å². The van der Waals surface area contributed by atoms with Crippen LogP contribution in [0.2, 0.25) is 0 Å². The molecule has 0 bridgehead atoms. The zero-order chi connectivity index (χ0) is 15.4. The molecule has 0 spiro atoms. The molecule has 0 aliphatic carbocycles. The van der Waals surface area contributed by atoms with Crippen LogP contribution < -0.4 is 5.32 Å². The summed E-state index contributed by atoms with van der Waals surface area (Å²) in [5.41, 5.74) is 0.671. The Morgan fingerprint density at radius 3 is 2.86 bits per heavy atom. The van der Waals surface area contributed by atoms with Crippen LogP contribution in [0.25, 0.3) is 5.69 Å². The summed E-state index contributed by atoms with van der Waals surface area (Å²) in [5.74, 6) is 1.17. The number of tetrazole rings is 1. The van der Waals surface area contributed by atoms with Crippen LogP contribution in [0.5, 0.6) is 0 Å². The van der Waals surface area contributed by atoms with Gasteiger partial charge in [-0.15, -0.1) is 5.10 Å². The first-order valence-electron chi connectivity index (χ1n) is 6.41. The van der Waals surface area contributed by atoms with Gasteiger partial charge in [0.1, 0.15) is 0 Å². The fourth-order valence-corrected chi connectivity index (χ4v) is 2.29. The SMILES string of the molecule is CC(C)CNCc1nnnn1-c1ccc([N+](=O)[O-])cc1Br. The summed E-state index contributed by atoms with van der Waals surface area (Å²) in [5, 5.41) is 25.6. The fourth-order valence-electron chi connectivity index (χ4n) is 1.76. The third-order valence-corrected chi connectivity index (χ3v) is 3.38. The molecule has 0 saturated heterocycles. The molecule has 0 amide bonds. The quantitative estimate of drug-likeness (QED) is 0.629. The van der Waals surface area contributed by atoms with Gasteiger partial charge in [0.05, 0.1) is 21.6 Å². The van der Waals surface area contributed by atoms with Crippen molar-refractivity contribution in [2.75, 3.05) is 6.54 Å². The minimum absolute atomic E-state index is 0.0122. The number of hydrogen-bond acceptors (Lipinski definition) is 6. The molecule has 8 nitrogen and oxygen atoms in total. The average Bonchev–Trinajstić information content (AvgIpc) is 2.86. The molecule has 9 heteroatoms. The standard InChI is InChI=1S/C12H15BrN6O2/c1-8(2)6-14-7-12-15-16-17-18(12)11-4-3-9(19(20)21)5-10(11)13/h3-5,8,14H,6-7H2,1-2H3. The number of halogens is 1. The fraction of sp³-hybridized carbons (Fsp3) is 0.417. The van der Waals surface area contributed by atoms with E-state index >= 15 is 0 Å². The Labute approximate surface area is 129 Å². The molecule has 1 aromatic heterocycles. The van der Waals surface area contributed by atoms with Crippen molar-refractivity contribution in [2.24, 2.45) is 5.92 Å². The molecule has 0 aliphatic heterocycles. The number of nitro groups is 1. The van der Waals surface area contributed by atoms with Crippen molar-refractivity contribution in [1.29, 1.82) is 0 Å². The summed E-state index contributed by atoms with van der Waals surface area (Å²) in [6, 6.07) is 4.47. The average molecular weight is 355 g/mol. The van der Waals surface area contributed by atoms with Crippen LogP contribution in [-0.4, -0.2) is 31.7 Å². The predicted octanol–water partition coefficient (Wildman–Crippen LogP) is 2.08. The second-order valence-electron chi connectivity index (χ2n) is 4.92. The Morgan fingerprint density at radius 1 is 1.48 bits per heavy atom. The van der Waals surface area contributed by atoms with Crippen LogP contribution >= 0.6 is 15.9 Å². The second kappa shape index (κ2) is 6.72. The van der Waals surface area contributed by atoms with Gasteiger partial charge in [0.15, 0.2) is 5.82 Å². The third kappa shape index (κ3) is 3.82. The molecule has 0 unspecified atom stereocenters. The molecule has 112 valence electrons. The van der Waals surface area contributed by atoms with Gasteiger partial charge < -0.3 is 5.32 Å². The normalized spacial score (nSPS) is 11.0. The van der Waals surface area contributed by atoms with E-state index in [0.717, 1.165) is 6.54 Å². The van der Waals surface area contributed by atoms with Crippen LogP contribution in [0.3, 0.4) is 0 Å². The number of nitro benzene ring substituents is 1. The molecule has 0 atom stereocenters. The van der Waals surface area contributed by atoms with Gasteiger partial charge in [-0.25, -0.2) is 0 Å². The van der Waals surface area contributed by atoms with Gasteiger partial charge in [-0.05, 0) is 44.9 Å². The number of hydrogen-bond donors (Lipinski definition) is 1. The van der Waals surface area contributed by atoms with Crippen LogP contribution in [0.1, 0.15) is 19.7 Å². The minimum atomic E-state index is -0.445. The monoisotopic (exact) mass is 354 g/mol. The number of rotatable bonds is 6. The predicted molar refractivity (Wildman–Crippen MR) is 80.1 cm³/mol. The van der Waals surface area contributed by atoms with E-state index in [1.165, 1.54) is 12.1 Å². The number of nitrogens with one attached hydrogen (secondary N) is 1. The molecule has 2 aromatic rings. The summed E-state index contributed by atoms with van der Waals surface area (Å²) in [4.78, 5) is 10.3. The van der Waals surface area contributed by atoms with Gasteiger partial charge in [-0.3, -0.25) is 10.1 Å². The minimum Gasteiger partial charge on any atom is -0.310 e. The van der Waals surface area contributed by atoms with Crippen molar-refractivity contribution < 1.29 is 4.92 Å². The van der Waals surface area contributed by atoms with Crippen molar-refractivity contribution in [3.8, 4) is 5.69 Å². The topological polar surface area (TPSA) is 98.8 Å². The molecule has 1 N–H and O–H groups in total. The molecule has 1 heterocycles. The number of aromatic nitrogens is 4. The summed E-state index contributed by atoms with van der Waals surface area (Å²) in [6.07, 6.45) is 0. The Balaban J connectivity index is 2.23. The van der Waals surface area contributed by atoms with Gasteiger partial charge in [0.25, 0.3) is 5.69 Å². The lowest BCUT2D eigenvalue weighted by Crippen LogP contribution is -2.21. The molecule has 21 heavy (non-hydrogen) atoms. The second-order valence-corrected chi connectivity index (χ2v) is 5.78. The van der Waals surface area contributed by atoms with E-state index in [2.05, 4.69) is 50.6 Å². The van der Waals surface area contributed by atoms with Gasteiger partial charge >= 0.3 is 0 Å². The maximum Gasteiger partial charge on any atom is 0.270 e. The van der Waals surface area contributed by atoms with E-state index < -0.39 is 4.92 Å². The highest BCUT2D eigenvalue weighted by Crippen LogP contribution is 2.25. The molecular weight excluding hydrogens is 340 g/mol. The molecule has 0 radical (unpaired) electrons. The van der Waals surface area contributed by atoms with Crippen molar-refractivity contribution in [2.45, 2.75) is 20.4 Å².